The number of amides is 2. The lowest BCUT2D eigenvalue weighted by Crippen LogP contribution is -2.53. The fraction of sp³-hybridized carbons (Fsp3) is 0.375. The molecule has 218 valence electrons. The van der Waals surface area contributed by atoms with Crippen LogP contribution in [0.3, 0.4) is 0 Å². The molecule has 0 radical (unpaired) electrons. The standard InChI is InChI=1S/C32H38ClN3O4S/c1-3-24-14-9-13-21-30(24)36(41(39,40)27-18-6-5-7-19-27)23-31(37)35(22-25-15-8-12-20-28(25)33)29(4-2)32(38)34-26-16-10-11-17-26/h5-9,12-15,18-21,26,29H,3-4,10-11,16-17,22-23H2,1-2H3,(H,34,38)/t29-/m1/s1. The van der Waals surface area contributed by atoms with E-state index in [1.807, 2.05) is 38.1 Å². The second kappa shape index (κ2) is 14.0. The Kier molecular flexibility index (Phi) is 10.5. The Labute approximate surface area is 248 Å². The Hall–Kier alpha value is -3.36. The third kappa shape index (κ3) is 7.29. The van der Waals surface area contributed by atoms with Gasteiger partial charge in [-0.2, -0.15) is 0 Å². The minimum absolute atomic E-state index is 0.0732. The van der Waals surface area contributed by atoms with Gasteiger partial charge in [0.25, 0.3) is 10.0 Å². The van der Waals surface area contributed by atoms with Crippen LogP contribution < -0.4 is 9.62 Å². The highest BCUT2D eigenvalue weighted by Gasteiger charge is 2.35. The number of para-hydroxylation sites is 1. The molecular formula is C32H38ClN3O4S. The molecule has 41 heavy (non-hydrogen) atoms. The summed E-state index contributed by atoms with van der Waals surface area (Å²) in [6, 6.07) is 21.8. The molecule has 3 aromatic rings. The minimum atomic E-state index is -4.11. The van der Waals surface area contributed by atoms with E-state index in [9.17, 15) is 18.0 Å². The average Bonchev–Trinajstić information content (AvgIpc) is 3.50. The topological polar surface area (TPSA) is 86.8 Å². The van der Waals surface area contributed by atoms with Gasteiger partial charge in [0.05, 0.1) is 10.6 Å². The number of aryl methyl sites for hydroxylation is 1. The molecular weight excluding hydrogens is 558 g/mol. The number of hydrogen-bond donors (Lipinski definition) is 1. The SMILES string of the molecule is CCc1ccccc1N(CC(=O)N(Cc1ccccc1Cl)[C@H](CC)C(=O)NC1CCCC1)S(=O)(=O)c1ccccc1. The van der Waals surface area contributed by atoms with Gasteiger partial charge in [-0.05, 0) is 61.1 Å². The highest BCUT2D eigenvalue weighted by Crippen LogP contribution is 2.29. The lowest BCUT2D eigenvalue weighted by molar-refractivity contribution is -0.140. The van der Waals surface area contributed by atoms with Crippen LogP contribution in [0, 0.1) is 0 Å². The second-order valence-electron chi connectivity index (χ2n) is 10.3. The number of anilines is 1. The van der Waals surface area contributed by atoms with E-state index >= 15 is 0 Å². The summed E-state index contributed by atoms with van der Waals surface area (Å²) in [4.78, 5) is 29.4. The van der Waals surface area contributed by atoms with Gasteiger partial charge >= 0.3 is 0 Å². The molecule has 1 atom stereocenters. The molecule has 7 nitrogen and oxygen atoms in total. The van der Waals surface area contributed by atoms with Crippen molar-refractivity contribution >= 4 is 39.1 Å². The Morgan fingerprint density at radius 1 is 0.902 bits per heavy atom. The number of carbonyl (C=O) groups excluding carboxylic acids is 2. The first-order valence-corrected chi connectivity index (χ1v) is 16.1. The largest absolute Gasteiger partial charge is 0.352 e. The molecule has 2 amide bonds. The van der Waals surface area contributed by atoms with Crippen LogP contribution in [0.4, 0.5) is 5.69 Å². The molecule has 0 aliphatic heterocycles. The zero-order valence-electron chi connectivity index (χ0n) is 23.6. The van der Waals surface area contributed by atoms with Crippen LogP contribution in [0.25, 0.3) is 0 Å². The van der Waals surface area contributed by atoms with Gasteiger partial charge in [0.2, 0.25) is 11.8 Å². The second-order valence-corrected chi connectivity index (χ2v) is 12.6. The molecule has 1 saturated carbocycles. The summed E-state index contributed by atoms with van der Waals surface area (Å²) in [5, 5.41) is 3.60. The highest BCUT2D eigenvalue weighted by atomic mass is 35.5. The van der Waals surface area contributed by atoms with Crippen molar-refractivity contribution in [3.63, 3.8) is 0 Å². The summed E-state index contributed by atoms with van der Waals surface area (Å²) < 4.78 is 29.2. The molecule has 0 heterocycles. The van der Waals surface area contributed by atoms with Gasteiger partial charge in [-0.25, -0.2) is 8.42 Å². The molecule has 9 heteroatoms. The first-order chi connectivity index (χ1) is 19.8. The lowest BCUT2D eigenvalue weighted by atomic mass is 10.1. The number of hydrogen-bond acceptors (Lipinski definition) is 4. The molecule has 0 spiro atoms. The molecule has 1 aliphatic carbocycles. The maximum absolute atomic E-state index is 14.3. The molecule has 1 fully saturated rings. The summed E-state index contributed by atoms with van der Waals surface area (Å²) in [6.07, 6.45) is 4.90. The summed E-state index contributed by atoms with van der Waals surface area (Å²) >= 11 is 6.49. The maximum Gasteiger partial charge on any atom is 0.264 e. The van der Waals surface area contributed by atoms with Crippen molar-refractivity contribution < 1.29 is 18.0 Å². The van der Waals surface area contributed by atoms with E-state index in [2.05, 4.69) is 5.32 Å². The molecule has 0 aromatic heterocycles. The summed E-state index contributed by atoms with van der Waals surface area (Å²) in [5.41, 5.74) is 1.91. The summed E-state index contributed by atoms with van der Waals surface area (Å²) in [6.45, 7) is 3.41. The van der Waals surface area contributed by atoms with Gasteiger partial charge in [-0.3, -0.25) is 13.9 Å². The van der Waals surface area contributed by atoms with Crippen molar-refractivity contribution in [2.24, 2.45) is 0 Å². The van der Waals surface area contributed by atoms with E-state index in [-0.39, 0.29) is 23.4 Å². The Morgan fingerprint density at radius 3 is 2.15 bits per heavy atom. The van der Waals surface area contributed by atoms with Gasteiger partial charge in [0.15, 0.2) is 0 Å². The highest BCUT2D eigenvalue weighted by molar-refractivity contribution is 7.92. The third-order valence-corrected chi connectivity index (χ3v) is 9.78. The number of nitrogens with zero attached hydrogens (tertiary/aromatic N) is 2. The zero-order chi connectivity index (χ0) is 29.4. The minimum Gasteiger partial charge on any atom is -0.352 e. The van der Waals surface area contributed by atoms with E-state index in [4.69, 9.17) is 11.6 Å². The van der Waals surface area contributed by atoms with Gasteiger partial charge in [-0.1, -0.05) is 92.9 Å². The Morgan fingerprint density at radius 2 is 1.51 bits per heavy atom. The van der Waals surface area contributed by atoms with Crippen LogP contribution in [0.2, 0.25) is 5.02 Å². The third-order valence-electron chi connectivity index (χ3n) is 7.64. The van der Waals surface area contributed by atoms with Crippen molar-refractivity contribution in [2.45, 2.75) is 75.9 Å². The first-order valence-electron chi connectivity index (χ1n) is 14.2. The van der Waals surface area contributed by atoms with Crippen molar-refractivity contribution in [1.82, 2.24) is 10.2 Å². The number of sulfonamides is 1. The van der Waals surface area contributed by atoms with Crippen molar-refractivity contribution in [1.29, 1.82) is 0 Å². The summed E-state index contributed by atoms with van der Waals surface area (Å²) in [5.74, 6) is -0.713. The average molecular weight is 596 g/mol. The smallest absolute Gasteiger partial charge is 0.264 e. The molecule has 3 aromatic carbocycles. The number of nitrogens with one attached hydrogen (secondary N) is 1. The van der Waals surface area contributed by atoms with E-state index in [0.717, 1.165) is 31.2 Å². The molecule has 1 aliphatic rings. The normalized spacial score (nSPS) is 14.4. The molecule has 0 unspecified atom stereocenters. The van der Waals surface area contributed by atoms with Gasteiger partial charge in [0.1, 0.15) is 12.6 Å². The molecule has 0 bridgehead atoms. The van der Waals surface area contributed by atoms with Crippen LogP contribution in [0.15, 0.2) is 83.8 Å². The Balaban J connectivity index is 1.74. The Bertz CT molecular complexity index is 1440. The predicted molar refractivity (Wildman–Crippen MR) is 163 cm³/mol. The van der Waals surface area contributed by atoms with E-state index in [1.165, 1.54) is 21.3 Å². The van der Waals surface area contributed by atoms with Gasteiger partial charge < -0.3 is 10.2 Å². The van der Waals surface area contributed by atoms with Crippen molar-refractivity contribution in [2.75, 3.05) is 10.8 Å². The maximum atomic E-state index is 14.3. The fourth-order valence-electron chi connectivity index (χ4n) is 5.38. The van der Waals surface area contributed by atoms with Crippen LogP contribution in [0.1, 0.15) is 57.1 Å². The molecule has 0 saturated heterocycles. The summed E-state index contributed by atoms with van der Waals surface area (Å²) in [7, 11) is -4.11. The number of rotatable bonds is 12. The number of carbonyl (C=O) groups is 2. The van der Waals surface area contributed by atoms with Gasteiger partial charge in [0, 0.05) is 17.6 Å². The van der Waals surface area contributed by atoms with E-state index in [1.54, 1.807) is 42.5 Å². The molecule has 4 rings (SSSR count). The fourth-order valence-corrected chi connectivity index (χ4v) is 7.05. The first kappa shape index (κ1) is 30.6. The van der Waals surface area contributed by atoms with Crippen LogP contribution in [-0.2, 0) is 32.6 Å². The zero-order valence-corrected chi connectivity index (χ0v) is 25.2. The van der Waals surface area contributed by atoms with Crippen LogP contribution >= 0.6 is 11.6 Å². The van der Waals surface area contributed by atoms with Crippen molar-refractivity contribution in [3.8, 4) is 0 Å². The van der Waals surface area contributed by atoms with Crippen molar-refractivity contribution in [3.05, 3.63) is 95.0 Å². The predicted octanol–water partition coefficient (Wildman–Crippen LogP) is 5.96. The van der Waals surface area contributed by atoms with Crippen LogP contribution in [0.5, 0.6) is 0 Å². The number of halogens is 1. The quantitative estimate of drug-likeness (QED) is 0.280. The monoisotopic (exact) mass is 595 g/mol. The number of benzene rings is 3. The van der Waals surface area contributed by atoms with E-state index in [0.29, 0.717) is 29.1 Å². The van der Waals surface area contributed by atoms with Gasteiger partial charge in [-0.15, -0.1) is 0 Å². The molecule has 1 N–H and O–H groups in total. The lowest BCUT2D eigenvalue weighted by Gasteiger charge is -2.34. The van der Waals surface area contributed by atoms with Crippen LogP contribution in [-0.4, -0.2) is 43.8 Å². The van der Waals surface area contributed by atoms with E-state index < -0.39 is 28.5 Å².